The molecule has 1 aromatic rings. The molecule has 0 fully saturated rings. The molecule has 0 aromatic carbocycles. The summed E-state index contributed by atoms with van der Waals surface area (Å²) in [6, 6.07) is 1.20. The van der Waals surface area contributed by atoms with E-state index in [1.807, 2.05) is 0 Å². The number of ketones is 1. The zero-order valence-corrected chi connectivity index (χ0v) is 7.74. The highest BCUT2D eigenvalue weighted by atomic mass is 35.7. The Hall–Kier alpha value is -0.810. The van der Waals surface area contributed by atoms with Crippen LogP contribution in [0.2, 0.25) is 0 Å². The van der Waals surface area contributed by atoms with Gasteiger partial charge in [-0.15, -0.1) is 0 Å². The predicted molar refractivity (Wildman–Crippen MR) is 43.8 cm³/mol. The van der Waals surface area contributed by atoms with Crippen LogP contribution in [-0.2, 0) is 9.05 Å². The number of aromatic amines is 1. The van der Waals surface area contributed by atoms with Crippen LogP contribution in [0.4, 0.5) is 0 Å². The molecule has 66 valence electrons. The largest absolute Gasteiger partial charge is 0.357 e. The van der Waals surface area contributed by atoms with Crippen molar-refractivity contribution in [3.63, 3.8) is 0 Å². The first-order valence-corrected chi connectivity index (χ1v) is 5.36. The SMILES string of the molecule is CC(=O)c1cc(S(=O)(=O)Cl)c[nH]1. The lowest BCUT2D eigenvalue weighted by Crippen LogP contribution is -1.90. The van der Waals surface area contributed by atoms with Gasteiger partial charge >= 0.3 is 0 Å². The Morgan fingerprint density at radius 3 is 2.42 bits per heavy atom. The van der Waals surface area contributed by atoms with E-state index in [0.29, 0.717) is 0 Å². The average molecular weight is 208 g/mol. The Morgan fingerprint density at radius 2 is 2.17 bits per heavy atom. The van der Waals surface area contributed by atoms with Crippen LogP contribution in [0.5, 0.6) is 0 Å². The van der Waals surface area contributed by atoms with Crippen LogP contribution in [0.15, 0.2) is 17.2 Å². The molecule has 0 bridgehead atoms. The van der Waals surface area contributed by atoms with Crippen LogP contribution in [0.1, 0.15) is 17.4 Å². The van der Waals surface area contributed by atoms with Crippen molar-refractivity contribution in [3.05, 3.63) is 18.0 Å². The minimum atomic E-state index is -3.73. The topological polar surface area (TPSA) is 67.0 Å². The van der Waals surface area contributed by atoms with Crippen LogP contribution < -0.4 is 0 Å². The molecule has 4 nitrogen and oxygen atoms in total. The summed E-state index contributed by atoms with van der Waals surface area (Å²) in [7, 11) is 1.29. The zero-order valence-electron chi connectivity index (χ0n) is 6.17. The van der Waals surface area contributed by atoms with Gasteiger partial charge in [0.15, 0.2) is 5.78 Å². The molecule has 0 radical (unpaired) electrons. The van der Waals surface area contributed by atoms with Gasteiger partial charge in [-0.1, -0.05) is 0 Å². The third-order valence-corrected chi connectivity index (χ3v) is 2.65. The molecular weight excluding hydrogens is 202 g/mol. The minimum absolute atomic E-state index is 0.0885. The summed E-state index contributed by atoms with van der Waals surface area (Å²) in [4.78, 5) is 13.1. The van der Waals surface area contributed by atoms with E-state index in [2.05, 4.69) is 4.98 Å². The summed E-state index contributed by atoms with van der Waals surface area (Å²) < 4.78 is 21.4. The van der Waals surface area contributed by atoms with E-state index in [9.17, 15) is 13.2 Å². The Bertz CT molecular complexity index is 406. The van der Waals surface area contributed by atoms with Crippen molar-refractivity contribution in [3.8, 4) is 0 Å². The lowest BCUT2D eigenvalue weighted by molar-refractivity contribution is 0.101. The number of rotatable bonds is 2. The Labute approximate surface area is 74.0 Å². The second kappa shape index (κ2) is 2.91. The minimum Gasteiger partial charge on any atom is -0.357 e. The molecule has 1 rings (SSSR count). The van der Waals surface area contributed by atoms with Gasteiger partial charge in [-0.05, 0) is 6.07 Å². The molecule has 0 saturated heterocycles. The van der Waals surface area contributed by atoms with Crippen molar-refractivity contribution >= 4 is 25.5 Å². The predicted octanol–water partition coefficient (Wildman–Crippen LogP) is 1.14. The van der Waals surface area contributed by atoms with E-state index in [1.165, 1.54) is 19.2 Å². The van der Waals surface area contributed by atoms with Gasteiger partial charge in [0.2, 0.25) is 0 Å². The van der Waals surface area contributed by atoms with Crippen LogP contribution in [0.3, 0.4) is 0 Å². The molecule has 0 spiro atoms. The second-order valence-corrected chi connectivity index (χ2v) is 4.81. The van der Waals surface area contributed by atoms with Crippen LogP contribution in [-0.4, -0.2) is 19.2 Å². The van der Waals surface area contributed by atoms with Gasteiger partial charge in [0.1, 0.15) is 4.90 Å². The Balaban J connectivity index is 3.17. The van der Waals surface area contributed by atoms with E-state index in [1.54, 1.807) is 0 Å². The van der Waals surface area contributed by atoms with Crippen LogP contribution in [0, 0.1) is 0 Å². The number of halogens is 1. The van der Waals surface area contributed by atoms with E-state index in [-0.39, 0.29) is 16.4 Å². The molecule has 0 unspecified atom stereocenters. The highest BCUT2D eigenvalue weighted by Gasteiger charge is 2.13. The van der Waals surface area contributed by atoms with E-state index < -0.39 is 9.05 Å². The monoisotopic (exact) mass is 207 g/mol. The summed E-state index contributed by atoms with van der Waals surface area (Å²) in [5.74, 6) is -0.235. The maximum Gasteiger partial charge on any atom is 0.262 e. The number of nitrogens with one attached hydrogen (secondary N) is 1. The first-order chi connectivity index (χ1) is 5.41. The molecule has 0 aliphatic carbocycles. The lowest BCUT2D eigenvalue weighted by Gasteiger charge is -1.85. The molecule has 1 aromatic heterocycles. The fourth-order valence-corrected chi connectivity index (χ4v) is 1.44. The zero-order chi connectivity index (χ0) is 9.35. The number of aromatic nitrogens is 1. The molecule has 0 aliphatic heterocycles. The summed E-state index contributed by atoms with van der Waals surface area (Å²) in [5, 5.41) is 0. The third-order valence-electron chi connectivity index (χ3n) is 1.32. The maximum atomic E-state index is 10.7. The molecule has 12 heavy (non-hydrogen) atoms. The number of Topliss-reactive ketones (excluding diaryl/α,β-unsaturated/α-hetero) is 1. The molecule has 1 N–H and O–H groups in total. The van der Waals surface area contributed by atoms with Crippen molar-refractivity contribution < 1.29 is 13.2 Å². The average Bonchev–Trinajstić information content (AvgIpc) is 2.30. The van der Waals surface area contributed by atoms with Crippen molar-refractivity contribution in [2.24, 2.45) is 0 Å². The maximum absolute atomic E-state index is 10.7. The van der Waals surface area contributed by atoms with Gasteiger partial charge < -0.3 is 4.98 Å². The van der Waals surface area contributed by atoms with Crippen LogP contribution >= 0.6 is 10.7 Å². The van der Waals surface area contributed by atoms with Crippen molar-refractivity contribution in [1.29, 1.82) is 0 Å². The highest BCUT2D eigenvalue weighted by Crippen LogP contribution is 2.15. The number of hydrogen-bond acceptors (Lipinski definition) is 3. The van der Waals surface area contributed by atoms with Crippen molar-refractivity contribution in [2.75, 3.05) is 0 Å². The highest BCUT2D eigenvalue weighted by molar-refractivity contribution is 8.13. The van der Waals surface area contributed by atoms with E-state index in [0.717, 1.165) is 0 Å². The lowest BCUT2D eigenvalue weighted by atomic mass is 10.3. The molecular formula is C6H6ClNO3S. The second-order valence-electron chi connectivity index (χ2n) is 2.24. The van der Waals surface area contributed by atoms with E-state index >= 15 is 0 Å². The summed E-state index contributed by atoms with van der Waals surface area (Å²) in [6.07, 6.45) is 1.18. The molecule has 1 heterocycles. The molecule has 0 amide bonds. The van der Waals surface area contributed by atoms with Gasteiger partial charge in [0.25, 0.3) is 9.05 Å². The number of hydrogen-bond donors (Lipinski definition) is 1. The van der Waals surface area contributed by atoms with Crippen molar-refractivity contribution in [1.82, 2.24) is 4.98 Å². The number of carbonyl (C=O) groups excluding carboxylic acids is 1. The van der Waals surface area contributed by atoms with Gasteiger partial charge in [-0.2, -0.15) is 0 Å². The number of carbonyl (C=O) groups is 1. The van der Waals surface area contributed by atoms with Gasteiger partial charge in [0, 0.05) is 23.8 Å². The standard InChI is InChI=1S/C6H6ClNO3S/c1-4(9)6-2-5(3-8-6)12(7,10)11/h2-3,8H,1H3. The third kappa shape index (κ3) is 1.86. The molecule has 0 atom stereocenters. The van der Waals surface area contributed by atoms with Gasteiger partial charge in [0.05, 0.1) is 5.69 Å². The van der Waals surface area contributed by atoms with E-state index in [4.69, 9.17) is 10.7 Å². The Kier molecular flexibility index (Phi) is 2.25. The number of H-pyrrole nitrogens is 1. The quantitative estimate of drug-likeness (QED) is 0.584. The first kappa shape index (κ1) is 9.28. The summed E-state index contributed by atoms with van der Waals surface area (Å²) in [5.41, 5.74) is 0.231. The van der Waals surface area contributed by atoms with Crippen molar-refractivity contribution in [2.45, 2.75) is 11.8 Å². The fourth-order valence-electron chi connectivity index (χ4n) is 0.719. The van der Waals surface area contributed by atoms with Crippen LogP contribution in [0.25, 0.3) is 0 Å². The Morgan fingerprint density at radius 1 is 1.58 bits per heavy atom. The van der Waals surface area contributed by atoms with Gasteiger partial charge in [-0.25, -0.2) is 8.42 Å². The van der Waals surface area contributed by atoms with Gasteiger partial charge in [-0.3, -0.25) is 4.79 Å². The molecule has 0 aliphatic rings. The molecule has 6 heteroatoms. The summed E-state index contributed by atoms with van der Waals surface area (Å²) >= 11 is 0. The molecule has 0 saturated carbocycles. The first-order valence-electron chi connectivity index (χ1n) is 3.05. The smallest absolute Gasteiger partial charge is 0.262 e. The summed E-state index contributed by atoms with van der Waals surface area (Å²) in [6.45, 7) is 1.33. The normalized spacial score (nSPS) is 11.5. The fraction of sp³-hybridized carbons (Fsp3) is 0.167.